The van der Waals surface area contributed by atoms with E-state index in [1.54, 1.807) is 18.3 Å². The van der Waals surface area contributed by atoms with Crippen molar-refractivity contribution >= 4 is 0 Å². The quantitative estimate of drug-likeness (QED) is 0.717. The van der Waals surface area contributed by atoms with Crippen LogP contribution in [0.1, 0.15) is 48.8 Å². The van der Waals surface area contributed by atoms with Gasteiger partial charge < -0.3 is 0 Å². The number of aromatic nitrogens is 2. The Balaban J connectivity index is 1.57. The van der Waals surface area contributed by atoms with Crippen LogP contribution < -0.4 is 0 Å². The van der Waals surface area contributed by atoms with Crippen LogP contribution in [-0.4, -0.2) is 28.0 Å². The smallest absolute Gasteiger partial charge is 0.297 e. The predicted octanol–water partition coefficient (Wildman–Crippen LogP) is 4.90. The summed E-state index contributed by atoms with van der Waals surface area (Å²) in [5, 5.41) is 0. The highest BCUT2D eigenvalue weighted by Crippen LogP contribution is 2.33. The van der Waals surface area contributed by atoms with Crippen LogP contribution in [0.25, 0.3) is 0 Å². The molecule has 3 nitrogen and oxygen atoms in total. The lowest BCUT2D eigenvalue weighted by atomic mass is 9.90. The van der Waals surface area contributed by atoms with E-state index in [0.717, 1.165) is 56.8 Å². The van der Waals surface area contributed by atoms with E-state index in [-0.39, 0.29) is 0 Å². The molecule has 0 bridgehead atoms. The van der Waals surface area contributed by atoms with Gasteiger partial charge in [0.05, 0.1) is 11.3 Å². The minimum atomic E-state index is -4.28. The van der Waals surface area contributed by atoms with Crippen LogP contribution in [-0.2, 0) is 25.6 Å². The Morgan fingerprint density at radius 2 is 2.00 bits per heavy atom. The number of piperidine rings is 1. The SMILES string of the molecule is CCc1nccc(CN2CCC[C@@H](CCc3ccccc3C(F)(F)F)C2)n1. The molecular formula is C21H26F3N3. The van der Waals surface area contributed by atoms with Gasteiger partial charge >= 0.3 is 6.18 Å². The Hall–Kier alpha value is -1.95. The molecule has 0 radical (unpaired) electrons. The van der Waals surface area contributed by atoms with Gasteiger partial charge in [-0.2, -0.15) is 13.2 Å². The largest absolute Gasteiger partial charge is 0.416 e. The summed E-state index contributed by atoms with van der Waals surface area (Å²) in [6.45, 7) is 4.75. The fourth-order valence-electron chi connectivity index (χ4n) is 3.83. The summed E-state index contributed by atoms with van der Waals surface area (Å²) >= 11 is 0. The van der Waals surface area contributed by atoms with Crippen molar-refractivity contribution in [3.63, 3.8) is 0 Å². The molecule has 0 aliphatic carbocycles. The number of hydrogen-bond donors (Lipinski definition) is 0. The third-order valence-electron chi connectivity index (χ3n) is 5.21. The van der Waals surface area contributed by atoms with Gasteiger partial charge in [-0.05, 0) is 55.8 Å². The molecule has 0 amide bonds. The summed E-state index contributed by atoms with van der Waals surface area (Å²) in [5.41, 5.74) is 0.932. The Labute approximate surface area is 158 Å². The van der Waals surface area contributed by atoms with Crippen LogP contribution >= 0.6 is 0 Å². The first-order valence-corrected chi connectivity index (χ1v) is 9.64. The van der Waals surface area contributed by atoms with E-state index in [1.165, 1.54) is 12.1 Å². The number of halogens is 3. The average Bonchev–Trinajstić information content (AvgIpc) is 2.66. The van der Waals surface area contributed by atoms with Crippen LogP contribution in [0, 0.1) is 5.92 Å². The van der Waals surface area contributed by atoms with Crippen molar-refractivity contribution in [3.8, 4) is 0 Å². The van der Waals surface area contributed by atoms with Gasteiger partial charge in [0.2, 0.25) is 0 Å². The fourth-order valence-corrected chi connectivity index (χ4v) is 3.83. The maximum absolute atomic E-state index is 13.2. The highest BCUT2D eigenvalue weighted by Gasteiger charge is 2.33. The maximum atomic E-state index is 13.2. The molecule has 3 rings (SSSR count). The third kappa shape index (κ3) is 5.51. The molecule has 27 heavy (non-hydrogen) atoms. The highest BCUT2D eigenvalue weighted by atomic mass is 19.4. The van der Waals surface area contributed by atoms with Gasteiger partial charge in [-0.3, -0.25) is 4.90 Å². The van der Waals surface area contributed by atoms with E-state index in [2.05, 4.69) is 14.9 Å². The molecule has 1 aromatic carbocycles. The first kappa shape index (κ1) is 19.8. The van der Waals surface area contributed by atoms with Gasteiger partial charge in [0.15, 0.2) is 0 Å². The second-order valence-electron chi connectivity index (χ2n) is 7.25. The van der Waals surface area contributed by atoms with E-state index < -0.39 is 11.7 Å². The van der Waals surface area contributed by atoms with Gasteiger partial charge in [0.25, 0.3) is 0 Å². The predicted molar refractivity (Wildman–Crippen MR) is 99.2 cm³/mol. The molecule has 2 heterocycles. The monoisotopic (exact) mass is 377 g/mol. The van der Waals surface area contributed by atoms with Crippen LogP contribution in [0.2, 0.25) is 0 Å². The Bertz CT molecular complexity index is 745. The standard InChI is InChI=1S/C21H26F3N3/c1-2-20-25-12-11-18(26-20)15-27-13-5-6-16(14-27)9-10-17-7-3-4-8-19(17)21(22,23)24/h3-4,7-8,11-12,16H,2,5-6,9-10,13-15H2,1H3/t16-/m0/s1. The van der Waals surface area contributed by atoms with E-state index in [4.69, 9.17) is 0 Å². The molecule has 2 aromatic rings. The van der Waals surface area contributed by atoms with Crippen molar-refractivity contribution in [1.82, 2.24) is 14.9 Å². The molecule has 1 atom stereocenters. The summed E-state index contributed by atoms with van der Waals surface area (Å²) in [7, 11) is 0. The van der Waals surface area contributed by atoms with Gasteiger partial charge in [0, 0.05) is 25.7 Å². The molecule has 0 unspecified atom stereocenters. The number of nitrogens with zero attached hydrogens (tertiary/aromatic N) is 3. The third-order valence-corrected chi connectivity index (χ3v) is 5.21. The molecule has 1 fully saturated rings. The van der Waals surface area contributed by atoms with E-state index in [9.17, 15) is 13.2 Å². The zero-order chi connectivity index (χ0) is 19.3. The normalized spacial score (nSPS) is 18.6. The highest BCUT2D eigenvalue weighted by molar-refractivity contribution is 5.29. The lowest BCUT2D eigenvalue weighted by Gasteiger charge is -2.32. The van der Waals surface area contributed by atoms with Crippen LogP contribution in [0.15, 0.2) is 36.5 Å². The summed E-state index contributed by atoms with van der Waals surface area (Å²) in [6, 6.07) is 7.89. The fraction of sp³-hybridized carbons (Fsp3) is 0.524. The average molecular weight is 377 g/mol. The van der Waals surface area contributed by atoms with Crippen molar-refractivity contribution in [3.05, 3.63) is 59.2 Å². The second-order valence-corrected chi connectivity index (χ2v) is 7.25. The molecule has 1 aliphatic heterocycles. The zero-order valence-electron chi connectivity index (χ0n) is 15.7. The zero-order valence-corrected chi connectivity index (χ0v) is 15.7. The van der Waals surface area contributed by atoms with E-state index in [1.807, 2.05) is 13.0 Å². The number of rotatable bonds is 6. The number of aryl methyl sites for hydroxylation is 2. The molecule has 0 saturated carbocycles. The van der Waals surface area contributed by atoms with Crippen LogP contribution in [0.3, 0.4) is 0 Å². The number of benzene rings is 1. The van der Waals surface area contributed by atoms with Crippen molar-refractivity contribution in [2.24, 2.45) is 5.92 Å². The van der Waals surface area contributed by atoms with Crippen molar-refractivity contribution in [2.45, 2.75) is 51.7 Å². The van der Waals surface area contributed by atoms with Crippen molar-refractivity contribution < 1.29 is 13.2 Å². The molecule has 0 spiro atoms. The molecule has 0 N–H and O–H groups in total. The summed E-state index contributed by atoms with van der Waals surface area (Å²) in [4.78, 5) is 11.2. The van der Waals surface area contributed by atoms with E-state index >= 15 is 0 Å². The topological polar surface area (TPSA) is 29.0 Å². The summed E-state index contributed by atoms with van der Waals surface area (Å²) < 4.78 is 39.5. The maximum Gasteiger partial charge on any atom is 0.416 e. The molecule has 1 aromatic heterocycles. The van der Waals surface area contributed by atoms with Gasteiger partial charge in [-0.15, -0.1) is 0 Å². The first-order chi connectivity index (χ1) is 13.0. The molecule has 6 heteroatoms. The van der Waals surface area contributed by atoms with Crippen LogP contribution in [0.5, 0.6) is 0 Å². The minimum absolute atomic E-state index is 0.408. The number of hydrogen-bond acceptors (Lipinski definition) is 3. The summed E-state index contributed by atoms with van der Waals surface area (Å²) in [6.07, 6.45) is 1.76. The lowest BCUT2D eigenvalue weighted by molar-refractivity contribution is -0.138. The van der Waals surface area contributed by atoms with Gasteiger partial charge in [-0.25, -0.2) is 9.97 Å². The number of likely N-dealkylation sites (tertiary alicyclic amines) is 1. The second kappa shape index (κ2) is 8.83. The Kier molecular flexibility index (Phi) is 6.47. The van der Waals surface area contributed by atoms with Crippen molar-refractivity contribution in [1.29, 1.82) is 0 Å². The molecular weight excluding hydrogens is 351 g/mol. The molecule has 1 saturated heterocycles. The Morgan fingerprint density at radius 3 is 2.78 bits per heavy atom. The van der Waals surface area contributed by atoms with Gasteiger partial charge in [-0.1, -0.05) is 25.1 Å². The molecule has 1 aliphatic rings. The molecule has 146 valence electrons. The van der Waals surface area contributed by atoms with Crippen LogP contribution in [0.4, 0.5) is 13.2 Å². The minimum Gasteiger partial charge on any atom is -0.297 e. The Morgan fingerprint density at radius 1 is 1.19 bits per heavy atom. The first-order valence-electron chi connectivity index (χ1n) is 9.64. The summed E-state index contributed by atoms with van der Waals surface area (Å²) in [5.74, 6) is 1.28. The van der Waals surface area contributed by atoms with E-state index in [0.29, 0.717) is 17.9 Å². The lowest BCUT2D eigenvalue weighted by Crippen LogP contribution is -2.35. The van der Waals surface area contributed by atoms with Crippen molar-refractivity contribution in [2.75, 3.05) is 13.1 Å². The number of alkyl halides is 3. The van der Waals surface area contributed by atoms with Gasteiger partial charge in [0.1, 0.15) is 5.82 Å².